The number of fused-ring (bicyclic) bond motifs is 1. The lowest BCUT2D eigenvalue weighted by atomic mass is 9.80. The van der Waals surface area contributed by atoms with Gasteiger partial charge >= 0.3 is 0 Å². The predicted molar refractivity (Wildman–Crippen MR) is 88.5 cm³/mol. The van der Waals surface area contributed by atoms with Gasteiger partial charge in [-0.15, -0.1) is 4.40 Å². The normalized spacial score (nSPS) is 22.9. The largest absolute Gasteiger partial charge is 0.286 e. The van der Waals surface area contributed by atoms with Crippen LogP contribution in [-0.4, -0.2) is 14.3 Å². The van der Waals surface area contributed by atoms with Crippen molar-refractivity contribution in [1.82, 2.24) is 0 Å². The van der Waals surface area contributed by atoms with E-state index >= 15 is 0 Å². The fourth-order valence-electron chi connectivity index (χ4n) is 3.38. The molecule has 1 atom stereocenters. The standard InChI is InChI=1S/C15H20ClN3O2S/c1-10(11-5-3-2-4-6-11)15-18-22(20,21)14-9-12(16)7-8-13(14)19(15)17/h7-11H,2-6,17H2,1H3. The SMILES string of the molecule is CC(C1=NS(=O)(=O)c2cc(Cl)ccc2N1N)C1CCCCC1. The summed E-state index contributed by atoms with van der Waals surface area (Å²) in [5.74, 6) is 7.05. The molecule has 2 N–H and O–H groups in total. The monoisotopic (exact) mass is 341 g/mol. The van der Waals surface area contributed by atoms with Crippen LogP contribution in [-0.2, 0) is 10.0 Å². The number of hydrogen-bond donors (Lipinski definition) is 1. The molecule has 0 aromatic heterocycles. The number of sulfonamides is 1. The van der Waals surface area contributed by atoms with E-state index in [9.17, 15) is 8.42 Å². The van der Waals surface area contributed by atoms with Crippen LogP contribution in [0.3, 0.4) is 0 Å². The molecule has 1 saturated carbocycles. The summed E-state index contributed by atoms with van der Waals surface area (Å²) in [6.45, 7) is 2.02. The zero-order valence-electron chi connectivity index (χ0n) is 12.5. The molecule has 120 valence electrons. The van der Waals surface area contributed by atoms with E-state index in [2.05, 4.69) is 4.40 Å². The Morgan fingerprint density at radius 3 is 2.68 bits per heavy atom. The highest BCUT2D eigenvalue weighted by atomic mass is 35.5. The molecule has 1 unspecified atom stereocenters. The molecule has 0 bridgehead atoms. The van der Waals surface area contributed by atoms with Crippen molar-refractivity contribution in [2.45, 2.75) is 43.9 Å². The van der Waals surface area contributed by atoms with E-state index < -0.39 is 10.0 Å². The summed E-state index contributed by atoms with van der Waals surface area (Å²) in [6, 6.07) is 4.68. The van der Waals surface area contributed by atoms with Crippen molar-refractivity contribution in [2.24, 2.45) is 22.1 Å². The maximum Gasteiger partial charge on any atom is 0.286 e. The number of nitrogens with two attached hydrogens (primary N) is 1. The van der Waals surface area contributed by atoms with Gasteiger partial charge in [0.1, 0.15) is 10.7 Å². The first kappa shape index (κ1) is 15.8. The summed E-state index contributed by atoms with van der Waals surface area (Å²) < 4.78 is 28.9. The lowest BCUT2D eigenvalue weighted by Crippen LogP contribution is -2.46. The van der Waals surface area contributed by atoms with E-state index in [0.717, 1.165) is 12.8 Å². The van der Waals surface area contributed by atoms with Gasteiger partial charge in [-0.25, -0.2) is 5.84 Å². The Hall–Kier alpha value is -1.11. The zero-order valence-corrected chi connectivity index (χ0v) is 14.1. The van der Waals surface area contributed by atoms with E-state index in [1.165, 1.54) is 30.3 Å². The fourth-order valence-corrected chi connectivity index (χ4v) is 4.92. The molecule has 7 heteroatoms. The number of nitrogens with zero attached hydrogens (tertiary/aromatic N) is 2. The van der Waals surface area contributed by atoms with Gasteiger partial charge in [0.25, 0.3) is 10.0 Å². The minimum atomic E-state index is -3.75. The highest BCUT2D eigenvalue weighted by Crippen LogP contribution is 2.37. The van der Waals surface area contributed by atoms with Crippen molar-refractivity contribution in [2.75, 3.05) is 5.01 Å². The zero-order chi connectivity index (χ0) is 15.9. The molecule has 1 aromatic carbocycles. The maximum atomic E-state index is 12.4. The molecule has 1 aliphatic carbocycles. The van der Waals surface area contributed by atoms with Crippen LogP contribution in [0.2, 0.25) is 5.02 Å². The quantitative estimate of drug-likeness (QED) is 0.837. The van der Waals surface area contributed by atoms with Gasteiger partial charge in [0.15, 0.2) is 0 Å². The van der Waals surface area contributed by atoms with Crippen LogP contribution in [0.5, 0.6) is 0 Å². The van der Waals surface area contributed by atoms with E-state index in [1.54, 1.807) is 12.1 Å². The Balaban J connectivity index is 2.00. The molecule has 5 nitrogen and oxygen atoms in total. The van der Waals surface area contributed by atoms with Crippen molar-refractivity contribution in [1.29, 1.82) is 0 Å². The van der Waals surface area contributed by atoms with Crippen molar-refractivity contribution < 1.29 is 8.42 Å². The minimum Gasteiger partial charge on any atom is -0.264 e. The highest BCUT2D eigenvalue weighted by Gasteiger charge is 2.35. The molecule has 2 aliphatic rings. The maximum absolute atomic E-state index is 12.4. The molecule has 1 heterocycles. The first-order valence-corrected chi connectivity index (χ1v) is 9.41. The second kappa shape index (κ2) is 5.83. The lowest BCUT2D eigenvalue weighted by molar-refractivity contribution is 0.310. The molecule has 0 saturated heterocycles. The van der Waals surface area contributed by atoms with Crippen molar-refractivity contribution in [3.8, 4) is 0 Å². The molecule has 0 amide bonds. The molecule has 1 aliphatic heterocycles. The van der Waals surface area contributed by atoms with Crippen LogP contribution < -0.4 is 10.9 Å². The van der Waals surface area contributed by atoms with Crippen molar-refractivity contribution >= 4 is 33.1 Å². The number of hydrogen-bond acceptors (Lipinski definition) is 4. The molecule has 3 rings (SSSR count). The summed E-state index contributed by atoms with van der Waals surface area (Å²) >= 11 is 5.90. The number of hydrazine groups is 1. The Kier molecular flexibility index (Phi) is 4.18. The third kappa shape index (κ3) is 2.75. The Bertz CT molecular complexity index is 711. The van der Waals surface area contributed by atoms with Gasteiger partial charge in [-0.1, -0.05) is 37.8 Å². The van der Waals surface area contributed by atoms with Crippen LogP contribution in [0.1, 0.15) is 39.0 Å². The summed E-state index contributed by atoms with van der Waals surface area (Å²) in [6.07, 6.45) is 5.82. The summed E-state index contributed by atoms with van der Waals surface area (Å²) in [7, 11) is -3.75. The van der Waals surface area contributed by atoms with Gasteiger partial charge < -0.3 is 0 Å². The molecular formula is C15H20ClN3O2S. The predicted octanol–water partition coefficient (Wildman–Crippen LogP) is 3.34. The van der Waals surface area contributed by atoms with Gasteiger partial charge in [0.05, 0.1) is 5.69 Å². The number of amidine groups is 1. The lowest BCUT2D eigenvalue weighted by Gasteiger charge is -2.34. The van der Waals surface area contributed by atoms with Gasteiger partial charge in [-0.05, 0) is 37.0 Å². The van der Waals surface area contributed by atoms with Gasteiger partial charge in [0.2, 0.25) is 0 Å². The first-order valence-electron chi connectivity index (χ1n) is 7.59. The third-order valence-corrected chi connectivity index (χ3v) is 6.23. The number of halogens is 1. The van der Waals surface area contributed by atoms with Crippen LogP contribution in [0.15, 0.2) is 27.5 Å². The molecule has 22 heavy (non-hydrogen) atoms. The van der Waals surface area contributed by atoms with Gasteiger partial charge in [-0.3, -0.25) is 5.01 Å². The summed E-state index contributed by atoms with van der Waals surface area (Å²) in [5, 5.41) is 1.76. The Morgan fingerprint density at radius 1 is 1.32 bits per heavy atom. The number of rotatable bonds is 2. The third-order valence-electron chi connectivity index (χ3n) is 4.68. The van der Waals surface area contributed by atoms with E-state index in [-0.39, 0.29) is 10.8 Å². The highest BCUT2D eigenvalue weighted by molar-refractivity contribution is 7.90. The van der Waals surface area contributed by atoms with Crippen molar-refractivity contribution in [3.63, 3.8) is 0 Å². The molecular weight excluding hydrogens is 322 g/mol. The Labute approximate surface area is 136 Å². The van der Waals surface area contributed by atoms with E-state index in [1.807, 2.05) is 6.92 Å². The van der Waals surface area contributed by atoms with Crippen LogP contribution in [0.4, 0.5) is 5.69 Å². The second-order valence-corrected chi connectivity index (χ2v) is 8.10. The van der Waals surface area contributed by atoms with E-state index in [4.69, 9.17) is 17.4 Å². The van der Waals surface area contributed by atoms with Gasteiger partial charge in [-0.2, -0.15) is 8.42 Å². The second-order valence-electron chi connectivity index (χ2n) is 6.09. The smallest absolute Gasteiger partial charge is 0.264 e. The molecule has 1 fully saturated rings. The summed E-state index contributed by atoms with van der Waals surface area (Å²) in [4.78, 5) is 0.0714. The minimum absolute atomic E-state index is 0.0175. The topological polar surface area (TPSA) is 75.8 Å². The van der Waals surface area contributed by atoms with Crippen LogP contribution in [0.25, 0.3) is 0 Å². The van der Waals surface area contributed by atoms with E-state index in [0.29, 0.717) is 22.5 Å². The number of benzene rings is 1. The van der Waals surface area contributed by atoms with Gasteiger partial charge in [0, 0.05) is 10.9 Å². The van der Waals surface area contributed by atoms with Crippen LogP contribution >= 0.6 is 11.6 Å². The summed E-state index contributed by atoms with van der Waals surface area (Å²) in [5.41, 5.74) is 0.442. The first-order chi connectivity index (χ1) is 10.4. The van der Waals surface area contributed by atoms with Crippen molar-refractivity contribution in [3.05, 3.63) is 23.2 Å². The average molecular weight is 342 g/mol. The molecule has 0 spiro atoms. The Morgan fingerprint density at radius 2 is 2.00 bits per heavy atom. The molecule has 1 aromatic rings. The van der Waals surface area contributed by atoms with Crippen LogP contribution in [0, 0.1) is 11.8 Å². The average Bonchev–Trinajstić information content (AvgIpc) is 2.51. The number of anilines is 1. The fraction of sp³-hybridized carbons (Fsp3) is 0.533. The molecule has 0 radical (unpaired) electrons.